The van der Waals surface area contributed by atoms with Crippen molar-refractivity contribution >= 4 is 54.0 Å². The summed E-state index contributed by atoms with van der Waals surface area (Å²) in [6, 6.07) is 17.4. The number of thiophene rings is 1. The number of aryl methyl sites for hydroxylation is 1. The second-order valence-corrected chi connectivity index (χ2v) is 7.26. The molecular weight excluding hydrogens is 389 g/mol. The Morgan fingerprint density at radius 1 is 1.07 bits per heavy atom. The average Bonchev–Trinajstić information content (AvgIpc) is 3.22. The molecule has 0 fully saturated rings. The molecule has 142 valence electrons. The lowest BCUT2D eigenvalue weighted by Crippen LogP contribution is -2.37. The molecule has 3 aromatic heterocycles. The van der Waals surface area contributed by atoms with Crippen molar-refractivity contribution in [2.75, 3.05) is 0 Å². The van der Waals surface area contributed by atoms with Crippen LogP contribution in [0.25, 0.3) is 36.7 Å². The number of hydrogen-bond acceptors (Lipinski definition) is 3. The smallest absolute Gasteiger partial charge is 0.430 e. The van der Waals surface area contributed by atoms with Gasteiger partial charge in [-0.1, -0.05) is 30.3 Å². The summed E-state index contributed by atoms with van der Waals surface area (Å²) >= 11 is 1.89. The first kappa shape index (κ1) is 18.2. The quantitative estimate of drug-likeness (QED) is 0.372. The lowest BCUT2D eigenvalue weighted by molar-refractivity contribution is -0.643. The van der Waals surface area contributed by atoms with Crippen LogP contribution < -0.4 is 9.67 Å². The van der Waals surface area contributed by atoms with Crippen LogP contribution in [0.5, 0.6) is 0 Å². The number of pyridine rings is 1. The summed E-state index contributed by atoms with van der Waals surface area (Å²) in [6.07, 6.45) is -0.906. The molecule has 28 heavy (non-hydrogen) atoms. The van der Waals surface area contributed by atoms with E-state index in [0.717, 1.165) is 0 Å². The van der Waals surface area contributed by atoms with Gasteiger partial charge in [-0.3, -0.25) is 0 Å². The fraction of sp³-hybridized carbons (Fsp3) is 0.100. The minimum absolute atomic E-state index is 1.26. The lowest BCUT2D eigenvalue weighted by atomic mass is 10.1. The third kappa shape index (κ3) is 2.86. The number of hydrogen-bond donors (Lipinski definition) is 0. The Morgan fingerprint density at radius 3 is 2.36 bits per heavy atom. The van der Waals surface area contributed by atoms with E-state index in [4.69, 9.17) is 9.90 Å². The zero-order valence-corrected chi connectivity index (χ0v) is 15.3. The zero-order valence-electron chi connectivity index (χ0n) is 14.5. The summed E-state index contributed by atoms with van der Waals surface area (Å²) in [5, 5.41) is 12.8. The summed E-state index contributed by atoms with van der Waals surface area (Å²) in [4.78, 5) is 8.78. The molecule has 0 N–H and O–H groups in total. The Balaban J connectivity index is 0.000000239. The van der Waals surface area contributed by atoms with Crippen LogP contribution >= 0.6 is 11.3 Å². The van der Waals surface area contributed by atoms with Crippen LogP contribution in [0.2, 0.25) is 0 Å². The predicted octanol–water partition coefficient (Wildman–Crippen LogP) is 3.58. The van der Waals surface area contributed by atoms with E-state index in [0.29, 0.717) is 0 Å². The van der Waals surface area contributed by atoms with Crippen molar-refractivity contribution in [1.82, 2.24) is 4.40 Å². The molecule has 0 aliphatic carbocycles. The first-order chi connectivity index (χ1) is 13.3. The number of fused-ring (bicyclic) bond motifs is 8. The Kier molecular flexibility index (Phi) is 4.23. The van der Waals surface area contributed by atoms with E-state index in [-0.39, 0.29) is 0 Å². The maximum atomic E-state index is 10.5. The average molecular weight is 402 g/mol. The standard InChI is InChI=1S/C18H13N2S.C2HF3O2/c1-19-10-11-20-14-8-4-2-6-12(14)17-16(18(19)20)13-7-3-5-9-15(13)21-17;3-2(4,5)1(6)7/h2-11H,1H3;(H,6,7)/q+1;/p-1. The molecule has 3 heterocycles. The highest BCUT2D eigenvalue weighted by atomic mass is 32.1. The van der Waals surface area contributed by atoms with E-state index in [1.807, 2.05) is 11.3 Å². The van der Waals surface area contributed by atoms with E-state index >= 15 is 0 Å². The number of aromatic nitrogens is 2. The number of carbonyl (C=O) groups is 1. The predicted molar refractivity (Wildman–Crippen MR) is 100 cm³/mol. The molecule has 8 heteroatoms. The van der Waals surface area contributed by atoms with E-state index in [1.165, 1.54) is 36.7 Å². The van der Waals surface area contributed by atoms with E-state index in [1.54, 1.807) is 0 Å². The van der Waals surface area contributed by atoms with Gasteiger partial charge in [0.2, 0.25) is 0 Å². The van der Waals surface area contributed by atoms with Crippen LogP contribution in [0.1, 0.15) is 0 Å². The minimum atomic E-state index is -5.19. The first-order valence-electron chi connectivity index (χ1n) is 8.26. The number of para-hydroxylation sites is 1. The summed E-state index contributed by atoms with van der Waals surface area (Å²) in [5.41, 5.74) is 2.54. The van der Waals surface area contributed by atoms with E-state index in [9.17, 15) is 13.2 Å². The number of aliphatic carboxylic acids is 1. The van der Waals surface area contributed by atoms with Gasteiger partial charge in [-0.2, -0.15) is 17.6 Å². The van der Waals surface area contributed by atoms with Crippen molar-refractivity contribution in [2.45, 2.75) is 6.18 Å². The van der Waals surface area contributed by atoms with Gasteiger partial charge in [0.25, 0.3) is 5.65 Å². The van der Waals surface area contributed by atoms with Crippen molar-refractivity contribution in [3.8, 4) is 0 Å². The largest absolute Gasteiger partial charge is 0.542 e. The Bertz CT molecular complexity index is 1350. The summed E-state index contributed by atoms with van der Waals surface area (Å²) in [7, 11) is 2.12. The molecule has 5 aromatic rings. The Labute approximate surface area is 160 Å². The second-order valence-electron chi connectivity index (χ2n) is 6.21. The first-order valence-corrected chi connectivity index (χ1v) is 9.07. The minimum Gasteiger partial charge on any atom is -0.542 e. The van der Waals surface area contributed by atoms with E-state index in [2.05, 4.69) is 76.9 Å². The molecule has 0 unspecified atom stereocenters. The van der Waals surface area contributed by atoms with Gasteiger partial charge in [0, 0.05) is 15.5 Å². The van der Waals surface area contributed by atoms with Crippen LogP contribution in [0, 0.1) is 0 Å². The third-order valence-corrected chi connectivity index (χ3v) is 5.66. The van der Waals surface area contributed by atoms with Crippen LogP contribution in [0.3, 0.4) is 0 Å². The molecule has 0 saturated heterocycles. The molecule has 0 amide bonds. The fourth-order valence-corrected chi connectivity index (χ4v) is 4.53. The summed E-state index contributed by atoms with van der Waals surface area (Å²) < 4.78 is 38.8. The number of alkyl halides is 3. The SMILES string of the molecule is C[n+]1ccn2c3ccccc3c3sc4ccccc4c3c21.O=C([O-])C(F)(F)F. The van der Waals surface area contributed by atoms with E-state index < -0.39 is 12.1 Å². The molecule has 5 rings (SSSR count). The van der Waals surface area contributed by atoms with Crippen molar-refractivity contribution < 1.29 is 27.6 Å². The number of halogens is 3. The van der Waals surface area contributed by atoms with Crippen LogP contribution in [0.15, 0.2) is 60.9 Å². The molecule has 2 aromatic carbocycles. The number of carboxylic acids is 1. The van der Waals surface area contributed by atoms with Gasteiger partial charge in [-0.05, 0) is 18.2 Å². The van der Waals surface area contributed by atoms with Crippen LogP contribution in [-0.4, -0.2) is 16.5 Å². The Hall–Kier alpha value is -3.13. The van der Waals surface area contributed by atoms with Gasteiger partial charge in [0.1, 0.15) is 23.9 Å². The van der Waals surface area contributed by atoms with Gasteiger partial charge >= 0.3 is 6.18 Å². The molecule has 0 atom stereocenters. The summed E-state index contributed by atoms with van der Waals surface area (Å²) in [6.45, 7) is 0. The highest BCUT2D eigenvalue weighted by Crippen LogP contribution is 2.39. The molecule has 0 spiro atoms. The monoisotopic (exact) mass is 402 g/mol. The molecule has 0 radical (unpaired) electrons. The molecule has 0 aliphatic rings. The van der Waals surface area contributed by atoms with Gasteiger partial charge in [-0.15, -0.1) is 11.3 Å². The maximum absolute atomic E-state index is 10.5. The van der Waals surface area contributed by atoms with Crippen molar-refractivity contribution in [3.05, 3.63) is 60.9 Å². The van der Waals surface area contributed by atoms with Gasteiger partial charge < -0.3 is 9.90 Å². The van der Waals surface area contributed by atoms with Gasteiger partial charge in [-0.25, -0.2) is 4.57 Å². The normalized spacial score (nSPS) is 11.9. The highest BCUT2D eigenvalue weighted by Gasteiger charge is 2.28. The summed E-state index contributed by atoms with van der Waals surface area (Å²) in [5.74, 6) is -3.01. The molecular formula is C20H13F3N2O2S. The number of rotatable bonds is 0. The number of nitrogens with zero attached hydrogens (tertiary/aromatic N) is 2. The van der Waals surface area contributed by atoms with Crippen LogP contribution in [-0.2, 0) is 11.8 Å². The van der Waals surface area contributed by atoms with Gasteiger partial charge in [0.15, 0.2) is 0 Å². The number of benzene rings is 2. The number of carbonyl (C=O) groups excluding carboxylic acids is 1. The zero-order chi connectivity index (χ0) is 20.1. The number of imidazole rings is 1. The Morgan fingerprint density at radius 2 is 1.68 bits per heavy atom. The topological polar surface area (TPSA) is 48.4 Å². The molecule has 4 nitrogen and oxygen atoms in total. The van der Waals surface area contributed by atoms with Crippen molar-refractivity contribution in [3.63, 3.8) is 0 Å². The number of carboxylic acid groups (broad SMARTS) is 1. The second kappa shape index (κ2) is 6.49. The van der Waals surface area contributed by atoms with Crippen LogP contribution in [0.4, 0.5) is 13.2 Å². The van der Waals surface area contributed by atoms with Gasteiger partial charge in [0.05, 0.1) is 17.1 Å². The molecule has 0 aliphatic heterocycles. The third-order valence-electron chi connectivity index (χ3n) is 4.46. The molecule has 0 bridgehead atoms. The maximum Gasteiger partial charge on any atom is 0.430 e. The molecule has 0 saturated carbocycles. The lowest BCUT2D eigenvalue weighted by Gasteiger charge is -2.03. The van der Waals surface area contributed by atoms with Crippen molar-refractivity contribution in [1.29, 1.82) is 0 Å². The highest BCUT2D eigenvalue weighted by molar-refractivity contribution is 7.26. The van der Waals surface area contributed by atoms with Crippen molar-refractivity contribution in [2.24, 2.45) is 7.05 Å². The fourth-order valence-electron chi connectivity index (χ4n) is 3.30.